The van der Waals surface area contributed by atoms with E-state index in [2.05, 4.69) is 30.7 Å². The third kappa shape index (κ3) is 1.59. The highest BCUT2D eigenvalue weighted by Gasteiger charge is 2.31. The summed E-state index contributed by atoms with van der Waals surface area (Å²) >= 11 is 0. The summed E-state index contributed by atoms with van der Waals surface area (Å²) in [6.07, 6.45) is 0. The number of aryl methyl sites for hydroxylation is 1. The first-order chi connectivity index (χ1) is 7.87. The van der Waals surface area contributed by atoms with Gasteiger partial charge in [-0.05, 0) is 39.3 Å². The van der Waals surface area contributed by atoms with Crippen molar-refractivity contribution < 1.29 is 4.79 Å². The fourth-order valence-electron chi connectivity index (χ4n) is 2.49. The maximum absolute atomic E-state index is 11.9. The number of rotatable bonds is 2. The van der Waals surface area contributed by atoms with Gasteiger partial charge in [0.1, 0.15) is 5.78 Å². The van der Waals surface area contributed by atoms with E-state index in [1.807, 2.05) is 26.0 Å². The van der Waals surface area contributed by atoms with Gasteiger partial charge in [-0.15, -0.1) is 0 Å². The number of aromatic nitrogens is 1. The molecule has 0 bridgehead atoms. The molecular formula is C15H19NO. The van der Waals surface area contributed by atoms with Crippen LogP contribution in [0.1, 0.15) is 32.0 Å². The predicted molar refractivity (Wildman–Crippen MR) is 71.4 cm³/mol. The van der Waals surface area contributed by atoms with E-state index in [4.69, 9.17) is 0 Å². The van der Waals surface area contributed by atoms with Gasteiger partial charge in [-0.25, -0.2) is 0 Å². The highest BCUT2D eigenvalue weighted by molar-refractivity contribution is 5.95. The zero-order chi connectivity index (χ0) is 12.8. The Morgan fingerprint density at radius 2 is 1.82 bits per heavy atom. The number of carbonyl (C=O) groups excluding carboxylic acids is 1. The first-order valence-corrected chi connectivity index (χ1v) is 5.93. The Morgan fingerprint density at radius 3 is 2.41 bits per heavy atom. The van der Waals surface area contributed by atoms with Crippen LogP contribution in [0.4, 0.5) is 0 Å². The second-order valence-corrected chi connectivity index (χ2v) is 5.22. The SMILES string of the molecule is CC(=O)C(C)(C)c1c(C)n(C)c2ccccc12. The smallest absolute Gasteiger partial charge is 0.139 e. The van der Waals surface area contributed by atoms with Crippen molar-refractivity contribution in [1.29, 1.82) is 0 Å². The summed E-state index contributed by atoms with van der Waals surface area (Å²) in [7, 11) is 2.05. The minimum atomic E-state index is -0.426. The zero-order valence-corrected chi connectivity index (χ0v) is 11.2. The summed E-state index contributed by atoms with van der Waals surface area (Å²) < 4.78 is 2.16. The summed E-state index contributed by atoms with van der Waals surface area (Å²) in [6.45, 7) is 7.76. The topological polar surface area (TPSA) is 22.0 Å². The Bertz CT molecular complexity index is 590. The highest BCUT2D eigenvalue weighted by Crippen LogP contribution is 2.35. The van der Waals surface area contributed by atoms with Crippen LogP contribution in [0.25, 0.3) is 10.9 Å². The lowest BCUT2D eigenvalue weighted by atomic mass is 9.79. The van der Waals surface area contributed by atoms with Gasteiger partial charge in [0.25, 0.3) is 0 Å². The van der Waals surface area contributed by atoms with E-state index in [1.165, 1.54) is 16.6 Å². The van der Waals surface area contributed by atoms with Crippen LogP contribution >= 0.6 is 0 Å². The molecule has 2 rings (SSSR count). The van der Waals surface area contributed by atoms with Gasteiger partial charge in [0.05, 0.1) is 5.41 Å². The molecule has 0 N–H and O–H groups in total. The molecule has 0 radical (unpaired) electrons. The molecule has 2 heteroatoms. The Balaban J connectivity index is 2.87. The van der Waals surface area contributed by atoms with Gasteiger partial charge in [0, 0.05) is 23.6 Å². The number of ketones is 1. The summed E-state index contributed by atoms with van der Waals surface area (Å²) in [5, 5.41) is 1.19. The molecule has 1 aromatic carbocycles. The molecule has 17 heavy (non-hydrogen) atoms. The van der Waals surface area contributed by atoms with Crippen LogP contribution < -0.4 is 0 Å². The predicted octanol–water partition coefficient (Wildman–Crippen LogP) is 3.35. The molecule has 0 atom stereocenters. The standard InChI is InChI=1S/C15H19NO/c1-10-14(15(3,4)11(2)17)12-8-6-7-9-13(12)16(10)5/h6-9H,1-5H3. The van der Waals surface area contributed by atoms with Crippen LogP contribution in [0, 0.1) is 6.92 Å². The highest BCUT2D eigenvalue weighted by atomic mass is 16.1. The van der Waals surface area contributed by atoms with Gasteiger partial charge in [-0.1, -0.05) is 18.2 Å². The fourth-order valence-corrected chi connectivity index (χ4v) is 2.49. The summed E-state index contributed by atoms with van der Waals surface area (Å²) in [4.78, 5) is 11.9. The lowest BCUT2D eigenvalue weighted by Gasteiger charge is -2.22. The van der Waals surface area contributed by atoms with Crippen LogP contribution in [0.2, 0.25) is 0 Å². The van der Waals surface area contributed by atoms with Crippen LogP contribution in [-0.4, -0.2) is 10.4 Å². The van der Waals surface area contributed by atoms with Crippen molar-refractivity contribution >= 4 is 16.7 Å². The van der Waals surface area contributed by atoms with E-state index < -0.39 is 5.41 Å². The molecule has 0 aliphatic carbocycles. The van der Waals surface area contributed by atoms with Crippen LogP contribution in [-0.2, 0) is 17.3 Å². The molecule has 2 aromatic rings. The number of hydrogen-bond donors (Lipinski definition) is 0. The van der Waals surface area contributed by atoms with E-state index in [1.54, 1.807) is 6.92 Å². The van der Waals surface area contributed by atoms with Gasteiger partial charge in [-0.2, -0.15) is 0 Å². The molecule has 0 amide bonds. The molecule has 1 heterocycles. The zero-order valence-electron chi connectivity index (χ0n) is 11.2. The maximum Gasteiger partial charge on any atom is 0.139 e. The van der Waals surface area contributed by atoms with Crippen LogP contribution in [0.3, 0.4) is 0 Å². The minimum absolute atomic E-state index is 0.206. The van der Waals surface area contributed by atoms with Crippen molar-refractivity contribution in [3.8, 4) is 0 Å². The molecule has 0 unspecified atom stereocenters. The number of carbonyl (C=O) groups is 1. The number of hydrogen-bond acceptors (Lipinski definition) is 1. The number of fused-ring (bicyclic) bond motifs is 1. The molecular weight excluding hydrogens is 210 g/mol. The lowest BCUT2D eigenvalue weighted by molar-refractivity contribution is -0.121. The number of para-hydroxylation sites is 1. The average Bonchev–Trinajstić information content (AvgIpc) is 2.52. The monoisotopic (exact) mass is 229 g/mol. The molecule has 0 spiro atoms. The lowest BCUT2D eigenvalue weighted by Crippen LogP contribution is -2.27. The number of benzene rings is 1. The first-order valence-electron chi connectivity index (χ1n) is 5.93. The second kappa shape index (κ2) is 3.73. The maximum atomic E-state index is 11.9. The van der Waals surface area contributed by atoms with Crippen molar-refractivity contribution in [2.24, 2.45) is 7.05 Å². The number of nitrogens with zero attached hydrogens (tertiary/aromatic N) is 1. The van der Waals surface area contributed by atoms with E-state index in [9.17, 15) is 4.79 Å². The Labute approximate surface area is 102 Å². The largest absolute Gasteiger partial charge is 0.348 e. The van der Waals surface area contributed by atoms with Crippen molar-refractivity contribution in [3.63, 3.8) is 0 Å². The summed E-state index contributed by atoms with van der Waals surface area (Å²) in [5.41, 5.74) is 3.09. The van der Waals surface area contributed by atoms with Crippen molar-refractivity contribution in [3.05, 3.63) is 35.5 Å². The summed E-state index contributed by atoms with van der Waals surface area (Å²) in [6, 6.07) is 8.26. The van der Waals surface area contributed by atoms with Gasteiger partial charge < -0.3 is 4.57 Å². The van der Waals surface area contributed by atoms with E-state index >= 15 is 0 Å². The fraction of sp³-hybridized carbons (Fsp3) is 0.400. The molecule has 0 fully saturated rings. The van der Waals surface area contributed by atoms with Crippen LogP contribution in [0.15, 0.2) is 24.3 Å². The minimum Gasteiger partial charge on any atom is -0.348 e. The Kier molecular flexibility index (Phi) is 2.61. The van der Waals surface area contributed by atoms with Gasteiger partial charge >= 0.3 is 0 Å². The average molecular weight is 229 g/mol. The first kappa shape index (κ1) is 11.9. The second-order valence-electron chi connectivity index (χ2n) is 5.22. The summed E-state index contributed by atoms with van der Waals surface area (Å²) in [5.74, 6) is 0.206. The van der Waals surface area contributed by atoms with Gasteiger partial charge in [0.15, 0.2) is 0 Å². The van der Waals surface area contributed by atoms with E-state index in [0.717, 1.165) is 5.56 Å². The Hall–Kier alpha value is -1.57. The molecule has 0 aliphatic rings. The van der Waals surface area contributed by atoms with E-state index in [0.29, 0.717) is 0 Å². The third-order valence-corrected chi connectivity index (χ3v) is 3.90. The van der Waals surface area contributed by atoms with Gasteiger partial charge in [-0.3, -0.25) is 4.79 Å². The molecule has 0 aliphatic heterocycles. The molecule has 90 valence electrons. The van der Waals surface area contributed by atoms with Gasteiger partial charge in [0.2, 0.25) is 0 Å². The van der Waals surface area contributed by atoms with E-state index in [-0.39, 0.29) is 5.78 Å². The molecule has 0 saturated heterocycles. The molecule has 1 aromatic heterocycles. The normalized spacial score (nSPS) is 12.1. The Morgan fingerprint density at radius 1 is 1.24 bits per heavy atom. The molecule has 0 saturated carbocycles. The van der Waals surface area contributed by atoms with Crippen molar-refractivity contribution in [2.45, 2.75) is 33.1 Å². The third-order valence-electron chi connectivity index (χ3n) is 3.90. The molecule has 2 nitrogen and oxygen atoms in total. The van der Waals surface area contributed by atoms with Crippen LogP contribution in [0.5, 0.6) is 0 Å². The number of Topliss-reactive ketones (excluding diaryl/α,β-unsaturated/α-hetero) is 1. The van der Waals surface area contributed by atoms with Crippen molar-refractivity contribution in [2.75, 3.05) is 0 Å². The van der Waals surface area contributed by atoms with Crippen molar-refractivity contribution in [1.82, 2.24) is 4.57 Å². The quantitative estimate of drug-likeness (QED) is 0.774.